The second-order valence-corrected chi connectivity index (χ2v) is 8.39. The van der Waals surface area contributed by atoms with Gasteiger partial charge in [-0.1, -0.05) is 6.07 Å². The number of benzene rings is 1. The van der Waals surface area contributed by atoms with Crippen molar-refractivity contribution in [2.45, 2.75) is 0 Å². The Labute approximate surface area is 158 Å². The van der Waals surface area contributed by atoms with Crippen LogP contribution in [0.2, 0.25) is 0 Å². The average molecular weight is 470 g/mol. The summed E-state index contributed by atoms with van der Waals surface area (Å²) in [7, 11) is -3.57. The van der Waals surface area contributed by atoms with E-state index in [0.717, 1.165) is 9.09 Å². The number of sulfonamides is 1. The van der Waals surface area contributed by atoms with Gasteiger partial charge in [0, 0.05) is 28.1 Å². The Hall–Kier alpha value is -2.14. The molecule has 0 atom stereocenters. The van der Waals surface area contributed by atoms with Gasteiger partial charge in [-0.15, -0.1) is 0 Å². The summed E-state index contributed by atoms with van der Waals surface area (Å²) >= 11 is 2.12. The number of amides is 1. The zero-order valence-electron chi connectivity index (χ0n) is 13.0. The van der Waals surface area contributed by atoms with E-state index in [-0.39, 0.29) is 18.2 Å². The van der Waals surface area contributed by atoms with Gasteiger partial charge in [-0.05, 0) is 59.0 Å². The number of nitrogens with one attached hydrogen (secondary N) is 2. The highest BCUT2D eigenvalue weighted by Gasteiger charge is 2.12. The van der Waals surface area contributed by atoms with E-state index in [4.69, 9.17) is 0 Å². The maximum atomic E-state index is 12.2. The van der Waals surface area contributed by atoms with Crippen molar-refractivity contribution in [3.63, 3.8) is 0 Å². The quantitative estimate of drug-likeness (QED) is 0.540. The molecule has 130 valence electrons. The standard InChI is InChI=1S/C16H15IN4O3S/c17-13-3-1-2-12(10-13)16(22)18-7-9-25(23,24)20-14-5-8-21-15(11-14)4-6-19-21/h1-6,8,10-11,20H,7,9H2,(H,18,22). The van der Waals surface area contributed by atoms with E-state index in [1.165, 1.54) is 0 Å². The van der Waals surface area contributed by atoms with Crippen LogP contribution in [-0.4, -0.2) is 36.2 Å². The highest BCUT2D eigenvalue weighted by atomic mass is 127. The molecule has 9 heteroatoms. The summed E-state index contributed by atoms with van der Waals surface area (Å²) in [5, 5.41) is 6.67. The van der Waals surface area contributed by atoms with Crippen LogP contribution in [0.5, 0.6) is 0 Å². The molecule has 2 heterocycles. The summed E-state index contributed by atoms with van der Waals surface area (Å²) in [5.74, 6) is -0.512. The summed E-state index contributed by atoms with van der Waals surface area (Å²) in [6, 6.07) is 12.2. The van der Waals surface area contributed by atoms with Gasteiger partial charge in [0.1, 0.15) is 0 Å². The molecule has 1 aromatic carbocycles. The number of pyridine rings is 1. The third kappa shape index (κ3) is 4.69. The maximum absolute atomic E-state index is 12.2. The van der Waals surface area contributed by atoms with Crippen LogP contribution in [0.3, 0.4) is 0 Å². The van der Waals surface area contributed by atoms with Crippen molar-refractivity contribution in [1.82, 2.24) is 14.9 Å². The number of fused-ring (bicyclic) bond motifs is 1. The van der Waals surface area contributed by atoms with Crippen molar-refractivity contribution in [3.8, 4) is 0 Å². The van der Waals surface area contributed by atoms with Crippen LogP contribution in [-0.2, 0) is 10.0 Å². The van der Waals surface area contributed by atoms with Crippen molar-refractivity contribution in [1.29, 1.82) is 0 Å². The summed E-state index contributed by atoms with van der Waals surface area (Å²) in [4.78, 5) is 12.0. The molecule has 0 aliphatic heterocycles. The van der Waals surface area contributed by atoms with E-state index >= 15 is 0 Å². The minimum atomic E-state index is -3.57. The predicted molar refractivity (Wildman–Crippen MR) is 104 cm³/mol. The van der Waals surface area contributed by atoms with Gasteiger partial charge < -0.3 is 5.32 Å². The molecular weight excluding hydrogens is 455 g/mol. The second-order valence-electron chi connectivity index (χ2n) is 5.30. The van der Waals surface area contributed by atoms with E-state index in [1.54, 1.807) is 53.3 Å². The van der Waals surface area contributed by atoms with Gasteiger partial charge in [-0.2, -0.15) is 5.10 Å². The van der Waals surface area contributed by atoms with Crippen LogP contribution in [0.4, 0.5) is 5.69 Å². The molecule has 0 radical (unpaired) electrons. The molecular formula is C16H15IN4O3S. The monoisotopic (exact) mass is 470 g/mol. The zero-order valence-corrected chi connectivity index (χ0v) is 16.0. The zero-order chi connectivity index (χ0) is 17.9. The van der Waals surface area contributed by atoms with Crippen LogP contribution in [0.1, 0.15) is 10.4 Å². The number of carbonyl (C=O) groups is 1. The van der Waals surface area contributed by atoms with Crippen molar-refractivity contribution >= 4 is 49.7 Å². The minimum Gasteiger partial charge on any atom is -0.351 e. The molecule has 0 saturated carbocycles. The Morgan fingerprint density at radius 1 is 1.20 bits per heavy atom. The van der Waals surface area contributed by atoms with Crippen molar-refractivity contribution < 1.29 is 13.2 Å². The molecule has 3 rings (SSSR count). The molecule has 7 nitrogen and oxygen atoms in total. The van der Waals surface area contributed by atoms with Gasteiger partial charge >= 0.3 is 0 Å². The number of rotatable bonds is 6. The third-order valence-corrected chi connectivity index (χ3v) is 5.38. The average Bonchev–Trinajstić information content (AvgIpc) is 3.01. The van der Waals surface area contributed by atoms with Gasteiger partial charge in [-0.25, -0.2) is 12.9 Å². The van der Waals surface area contributed by atoms with Gasteiger partial charge in [0.05, 0.1) is 17.0 Å². The third-order valence-electron chi connectivity index (χ3n) is 3.42. The van der Waals surface area contributed by atoms with Crippen LogP contribution in [0.25, 0.3) is 5.52 Å². The molecule has 2 N–H and O–H groups in total. The van der Waals surface area contributed by atoms with E-state index in [1.807, 2.05) is 6.07 Å². The molecule has 0 saturated heterocycles. The number of hydrogen-bond donors (Lipinski definition) is 2. The SMILES string of the molecule is O=C(NCCS(=O)(=O)Nc1ccn2nccc2c1)c1cccc(I)c1. The number of hydrogen-bond acceptors (Lipinski definition) is 4. The summed E-state index contributed by atoms with van der Waals surface area (Å²) in [6.45, 7) is 0.0224. The summed E-state index contributed by atoms with van der Waals surface area (Å²) < 4.78 is 29.4. The number of carbonyl (C=O) groups excluding carboxylic acids is 1. The highest BCUT2D eigenvalue weighted by Crippen LogP contribution is 2.13. The molecule has 0 fully saturated rings. The topological polar surface area (TPSA) is 92.6 Å². The Balaban J connectivity index is 1.57. The molecule has 0 unspecified atom stereocenters. The van der Waals surface area contributed by atoms with E-state index in [0.29, 0.717) is 11.3 Å². The molecule has 1 amide bonds. The normalized spacial score (nSPS) is 11.4. The van der Waals surface area contributed by atoms with E-state index in [2.05, 4.69) is 37.7 Å². The van der Waals surface area contributed by atoms with Crippen LogP contribution in [0, 0.1) is 3.57 Å². The Bertz CT molecular complexity index is 1020. The lowest BCUT2D eigenvalue weighted by atomic mass is 10.2. The lowest BCUT2D eigenvalue weighted by molar-refractivity contribution is 0.0956. The van der Waals surface area contributed by atoms with E-state index in [9.17, 15) is 13.2 Å². The van der Waals surface area contributed by atoms with Crippen molar-refractivity contribution in [2.75, 3.05) is 17.0 Å². The molecule has 0 aliphatic carbocycles. The highest BCUT2D eigenvalue weighted by molar-refractivity contribution is 14.1. The number of halogens is 1. The minimum absolute atomic E-state index is 0.0224. The van der Waals surface area contributed by atoms with Crippen LogP contribution in [0.15, 0.2) is 54.9 Å². The first-order valence-electron chi connectivity index (χ1n) is 7.41. The Morgan fingerprint density at radius 2 is 2.04 bits per heavy atom. The first-order valence-corrected chi connectivity index (χ1v) is 10.1. The van der Waals surface area contributed by atoms with Gasteiger partial charge in [0.25, 0.3) is 5.91 Å². The fraction of sp³-hybridized carbons (Fsp3) is 0.125. The van der Waals surface area contributed by atoms with E-state index < -0.39 is 10.0 Å². The lowest BCUT2D eigenvalue weighted by Crippen LogP contribution is -2.31. The number of nitrogens with zero attached hydrogens (tertiary/aromatic N) is 2. The molecule has 2 aromatic heterocycles. The first-order chi connectivity index (χ1) is 11.9. The van der Waals surface area contributed by atoms with Crippen LogP contribution >= 0.6 is 22.6 Å². The van der Waals surface area contributed by atoms with Gasteiger partial charge in [-0.3, -0.25) is 9.52 Å². The van der Waals surface area contributed by atoms with Crippen molar-refractivity contribution in [3.05, 3.63) is 64.0 Å². The Kier molecular flexibility index (Phi) is 5.23. The first kappa shape index (κ1) is 17.7. The summed E-state index contributed by atoms with van der Waals surface area (Å²) in [5.41, 5.74) is 1.74. The lowest BCUT2D eigenvalue weighted by Gasteiger charge is -2.09. The smallest absolute Gasteiger partial charge is 0.251 e. The molecule has 3 aromatic rings. The molecule has 0 spiro atoms. The molecule has 0 bridgehead atoms. The van der Waals surface area contributed by atoms with Gasteiger partial charge in [0.15, 0.2) is 0 Å². The fourth-order valence-electron chi connectivity index (χ4n) is 2.25. The summed E-state index contributed by atoms with van der Waals surface area (Å²) in [6.07, 6.45) is 3.31. The predicted octanol–water partition coefficient (Wildman–Crippen LogP) is 2.11. The molecule has 25 heavy (non-hydrogen) atoms. The maximum Gasteiger partial charge on any atom is 0.251 e. The fourth-order valence-corrected chi connectivity index (χ4v) is 3.75. The second kappa shape index (κ2) is 7.40. The van der Waals surface area contributed by atoms with Crippen molar-refractivity contribution in [2.24, 2.45) is 0 Å². The molecule has 0 aliphatic rings. The largest absolute Gasteiger partial charge is 0.351 e. The Morgan fingerprint density at radius 3 is 2.84 bits per heavy atom. The van der Waals surface area contributed by atoms with Crippen LogP contribution < -0.4 is 10.0 Å². The number of aromatic nitrogens is 2. The van der Waals surface area contributed by atoms with Gasteiger partial charge in [0.2, 0.25) is 10.0 Å². The number of anilines is 1.